The molecule has 0 aliphatic carbocycles. The standard InChI is InChI=1S/C18H14O3/c1-12(19)17-15(11-13-7-3-2-4-8-13)14-9-5-6-10-16(14)21-18(17)20/h2-10H,11H2,1H3. The number of hydrogen-bond acceptors (Lipinski definition) is 3. The average Bonchev–Trinajstić information content (AvgIpc) is 2.47. The fraction of sp³-hybridized carbons (Fsp3) is 0.111. The second-order valence-electron chi connectivity index (χ2n) is 4.96. The Morgan fingerprint density at radius 3 is 2.38 bits per heavy atom. The molecule has 0 aliphatic heterocycles. The third kappa shape index (κ3) is 2.50. The van der Waals surface area contributed by atoms with Gasteiger partial charge in [0.25, 0.3) is 0 Å². The second-order valence-corrected chi connectivity index (χ2v) is 4.96. The van der Waals surface area contributed by atoms with Gasteiger partial charge in [-0.3, -0.25) is 4.79 Å². The predicted molar refractivity (Wildman–Crippen MR) is 81.7 cm³/mol. The molecule has 0 amide bonds. The summed E-state index contributed by atoms with van der Waals surface area (Å²) in [5.41, 5.74) is 1.89. The van der Waals surface area contributed by atoms with Crippen molar-refractivity contribution in [2.24, 2.45) is 0 Å². The first kappa shape index (κ1) is 13.3. The number of fused-ring (bicyclic) bond motifs is 1. The highest BCUT2D eigenvalue weighted by molar-refractivity contribution is 5.99. The lowest BCUT2D eigenvalue weighted by Crippen LogP contribution is -2.16. The molecule has 3 heteroatoms. The van der Waals surface area contributed by atoms with Crippen molar-refractivity contribution >= 4 is 16.8 Å². The molecule has 3 rings (SSSR count). The monoisotopic (exact) mass is 278 g/mol. The van der Waals surface area contributed by atoms with E-state index in [0.29, 0.717) is 12.0 Å². The summed E-state index contributed by atoms with van der Waals surface area (Å²) in [6, 6.07) is 17.1. The minimum absolute atomic E-state index is 0.151. The molecule has 3 aromatic rings. The molecule has 0 radical (unpaired) electrons. The Morgan fingerprint density at radius 1 is 1.00 bits per heavy atom. The zero-order valence-corrected chi connectivity index (χ0v) is 11.6. The molecule has 1 aromatic heterocycles. The third-order valence-corrected chi connectivity index (χ3v) is 3.50. The summed E-state index contributed by atoms with van der Waals surface area (Å²) in [5.74, 6) is -0.263. The van der Waals surface area contributed by atoms with Crippen molar-refractivity contribution in [1.82, 2.24) is 0 Å². The van der Waals surface area contributed by atoms with Crippen molar-refractivity contribution in [2.75, 3.05) is 0 Å². The molecular formula is C18H14O3. The number of rotatable bonds is 3. The van der Waals surface area contributed by atoms with Gasteiger partial charge in [0.15, 0.2) is 5.78 Å². The molecule has 104 valence electrons. The maximum atomic E-state index is 12.1. The van der Waals surface area contributed by atoms with E-state index in [4.69, 9.17) is 4.42 Å². The van der Waals surface area contributed by atoms with E-state index < -0.39 is 5.63 Å². The third-order valence-electron chi connectivity index (χ3n) is 3.50. The zero-order valence-electron chi connectivity index (χ0n) is 11.6. The first-order chi connectivity index (χ1) is 10.2. The smallest absolute Gasteiger partial charge is 0.347 e. The molecule has 0 fully saturated rings. The second kappa shape index (κ2) is 5.37. The van der Waals surface area contributed by atoms with Gasteiger partial charge < -0.3 is 4.42 Å². The fourth-order valence-corrected chi connectivity index (χ4v) is 2.55. The van der Waals surface area contributed by atoms with Crippen molar-refractivity contribution in [2.45, 2.75) is 13.3 Å². The van der Waals surface area contributed by atoms with E-state index in [9.17, 15) is 9.59 Å². The molecule has 0 saturated carbocycles. The molecule has 3 nitrogen and oxygen atoms in total. The predicted octanol–water partition coefficient (Wildman–Crippen LogP) is 3.59. The van der Waals surface area contributed by atoms with E-state index in [0.717, 1.165) is 16.5 Å². The normalized spacial score (nSPS) is 10.7. The molecule has 2 aromatic carbocycles. The number of carbonyl (C=O) groups is 1. The quantitative estimate of drug-likeness (QED) is 0.543. The molecule has 0 bridgehead atoms. The molecule has 0 unspecified atom stereocenters. The minimum atomic E-state index is -0.563. The number of benzene rings is 2. The number of hydrogen-bond donors (Lipinski definition) is 0. The molecule has 21 heavy (non-hydrogen) atoms. The lowest BCUT2D eigenvalue weighted by Gasteiger charge is -2.09. The molecule has 0 atom stereocenters. The number of ketones is 1. The fourth-order valence-electron chi connectivity index (χ4n) is 2.55. The lowest BCUT2D eigenvalue weighted by molar-refractivity contribution is 0.101. The highest BCUT2D eigenvalue weighted by Gasteiger charge is 2.18. The van der Waals surface area contributed by atoms with Crippen LogP contribution in [0.15, 0.2) is 63.8 Å². The Hall–Kier alpha value is -2.68. The van der Waals surface area contributed by atoms with Gasteiger partial charge in [0.05, 0.1) is 0 Å². The molecule has 0 saturated heterocycles. The summed E-state index contributed by atoms with van der Waals surface area (Å²) in [7, 11) is 0. The maximum Gasteiger partial charge on any atom is 0.347 e. The first-order valence-corrected chi connectivity index (χ1v) is 6.76. The average molecular weight is 278 g/mol. The summed E-state index contributed by atoms with van der Waals surface area (Å²) >= 11 is 0. The van der Waals surface area contributed by atoms with Crippen molar-refractivity contribution in [1.29, 1.82) is 0 Å². The van der Waals surface area contributed by atoms with Crippen molar-refractivity contribution in [3.63, 3.8) is 0 Å². The molecule has 0 N–H and O–H groups in total. The Balaban J connectivity index is 2.29. The Morgan fingerprint density at radius 2 is 1.67 bits per heavy atom. The number of Topliss-reactive ketones (excluding diaryl/α,β-unsaturated/α-hetero) is 1. The van der Waals surface area contributed by atoms with Gasteiger partial charge >= 0.3 is 5.63 Å². The van der Waals surface area contributed by atoms with Gasteiger partial charge in [-0.1, -0.05) is 48.5 Å². The van der Waals surface area contributed by atoms with Crippen LogP contribution in [0.25, 0.3) is 11.0 Å². The van der Waals surface area contributed by atoms with Gasteiger partial charge in [-0.05, 0) is 30.5 Å². The van der Waals surface area contributed by atoms with Gasteiger partial charge in [-0.25, -0.2) is 4.79 Å². The van der Waals surface area contributed by atoms with Crippen LogP contribution in [0.4, 0.5) is 0 Å². The van der Waals surface area contributed by atoms with Crippen LogP contribution in [0.5, 0.6) is 0 Å². The van der Waals surface area contributed by atoms with Crippen LogP contribution in [0.2, 0.25) is 0 Å². The van der Waals surface area contributed by atoms with E-state index in [1.54, 1.807) is 6.07 Å². The highest BCUT2D eigenvalue weighted by Crippen LogP contribution is 2.23. The van der Waals surface area contributed by atoms with E-state index in [1.807, 2.05) is 48.5 Å². The summed E-state index contributed by atoms with van der Waals surface area (Å²) in [6.07, 6.45) is 0.530. The maximum absolute atomic E-state index is 12.1. The van der Waals surface area contributed by atoms with Crippen molar-refractivity contribution in [3.8, 4) is 0 Å². The van der Waals surface area contributed by atoms with Crippen LogP contribution in [0, 0.1) is 0 Å². The Labute approximate surface area is 121 Å². The SMILES string of the molecule is CC(=O)c1c(Cc2ccccc2)c2ccccc2oc1=O. The van der Waals surface area contributed by atoms with Crippen LogP contribution in [0.1, 0.15) is 28.4 Å². The van der Waals surface area contributed by atoms with Crippen molar-refractivity contribution < 1.29 is 9.21 Å². The summed E-state index contributed by atoms with van der Waals surface area (Å²) in [4.78, 5) is 24.0. The topological polar surface area (TPSA) is 47.3 Å². The largest absolute Gasteiger partial charge is 0.422 e. The van der Waals surface area contributed by atoms with Gasteiger partial charge in [0.1, 0.15) is 11.1 Å². The summed E-state index contributed by atoms with van der Waals surface area (Å²) in [5, 5.41) is 0.811. The zero-order chi connectivity index (χ0) is 14.8. The molecular weight excluding hydrogens is 264 g/mol. The van der Waals surface area contributed by atoms with E-state index in [2.05, 4.69) is 0 Å². The van der Waals surface area contributed by atoms with E-state index in [1.165, 1.54) is 6.92 Å². The van der Waals surface area contributed by atoms with Gasteiger partial charge in [0, 0.05) is 5.39 Å². The minimum Gasteiger partial charge on any atom is -0.422 e. The molecule has 0 aliphatic rings. The van der Waals surface area contributed by atoms with Gasteiger partial charge in [-0.2, -0.15) is 0 Å². The van der Waals surface area contributed by atoms with Crippen molar-refractivity contribution in [3.05, 3.63) is 81.7 Å². The van der Waals surface area contributed by atoms with Crippen LogP contribution in [-0.4, -0.2) is 5.78 Å². The van der Waals surface area contributed by atoms with Crippen LogP contribution >= 0.6 is 0 Å². The van der Waals surface area contributed by atoms with E-state index in [-0.39, 0.29) is 11.3 Å². The lowest BCUT2D eigenvalue weighted by atomic mass is 9.96. The summed E-state index contributed by atoms with van der Waals surface area (Å²) < 4.78 is 5.26. The van der Waals surface area contributed by atoms with Crippen LogP contribution in [-0.2, 0) is 6.42 Å². The number of carbonyl (C=O) groups excluding carboxylic acids is 1. The van der Waals surface area contributed by atoms with Gasteiger partial charge in [-0.15, -0.1) is 0 Å². The summed E-state index contributed by atoms with van der Waals surface area (Å²) in [6.45, 7) is 1.40. The van der Waals surface area contributed by atoms with Crippen LogP contribution in [0.3, 0.4) is 0 Å². The Bertz CT molecular complexity index is 861. The van der Waals surface area contributed by atoms with Crippen LogP contribution < -0.4 is 5.63 Å². The first-order valence-electron chi connectivity index (χ1n) is 6.76. The van der Waals surface area contributed by atoms with E-state index >= 15 is 0 Å². The van der Waals surface area contributed by atoms with Gasteiger partial charge in [0.2, 0.25) is 0 Å². The highest BCUT2D eigenvalue weighted by atomic mass is 16.4. The molecule has 1 heterocycles. The Kier molecular flexibility index (Phi) is 3.40. The molecule has 0 spiro atoms. The number of para-hydroxylation sites is 1.